The normalized spacial score (nSPS) is 12.3. The molecule has 2 heterocycles. The molecule has 2 aromatic heterocycles. The molecule has 3 rings (SSSR count). The van der Waals surface area contributed by atoms with Crippen molar-refractivity contribution in [3.63, 3.8) is 0 Å². The molecule has 23 heavy (non-hydrogen) atoms. The topological polar surface area (TPSA) is 68.0 Å². The minimum atomic E-state index is -0.261. The van der Waals surface area contributed by atoms with Crippen LogP contribution in [-0.2, 0) is 11.3 Å². The van der Waals surface area contributed by atoms with E-state index in [0.29, 0.717) is 12.4 Å². The molecule has 3 aromatic rings. The van der Waals surface area contributed by atoms with Crippen molar-refractivity contribution < 1.29 is 9.21 Å². The fourth-order valence-electron chi connectivity index (χ4n) is 2.20. The van der Waals surface area contributed by atoms with E-state index in [-0.39, 0.29) is 11.2 Å². The van der Waals surface area contributed by atoms with Gasteiger partial charge < -0.3 is 9.73 Å². The maximum atomic E-state index is 12.2. The number of carbonyl (C=O) groups is 1. The Morgan fingerprint density at radius 3 is 2.87 bits per heavy atom. The highest BCUT2D eigenvalue weighted by molar-refractivity contribution is 8.00. The number of thioether (sulfide) groups is 1. The van der Waals surface area contributed by atoms with Crippen molar-refractivity contribution in [2.45, 2.75) is 30.7 Å². The van der Waals surface area contributed by atoms with Gasteiger partial charge in [0.15, 0.2) is 0 Å². The monoisotopic (exact) mass is 327 g/mol. The number of carbonyl (C=O) groups excluding carboxylic acids is 1. The minimum absolute atomic E-state index is 0.0493. The van der Waals surface area contributed by atoms with Gasteiger partial charge in [-0.1, -0.05) is 30.0 Å². The number of nitrogens with one attached hydrogen (secondary N) is 1. The average molecular weight is 327 g/mol. The van der Waals surface area contributed by atoms with Gasteiger partial charge in [0.1, 0.15) is 16.6 Å². The quantitative estimate of drug-likeness (QED) is 0.575. The molecular formula is C17H17N3O2S. The van der Waals surface area contributed by atoms with Gasteiger partial charge in [-0.2, -0.15) is 0 Å². The summed E-state index contributed by atoms with van der Waals surface area (Å²) in [5.74, 6) is 1.39. The summed E-state index contributed by atoms with van der Waals surface area (Å²) in [5, 5.41) is 4.40. The number of nitrogens with zero attached hydrogens (tertiary/aromatic N) is 2. The molecule has 0 saturated carbocycles. The Morgan fingerprint density at radius 2 is 2.09 bits per heavy atom. The van der Waals surface area contributed by atoms with E-state index < -0.39 is 0 Å². The number of aryl methyl sites for hydroxylation is 1. The van der Waals surface area contributed by atoms with Crippen molar-refractivity contribution in [3.8, 4) is 0 Å². The lowest BCUT2D eigenvalue weighted by Crippen LogP contribution is -2.30. The summed E-state index contributed by atoms with van der Waals surface area (Å²) in [7, 11) is 0. The Hall–Kier alpha value is -2.34. The largest absolute Gasteiger partial charge is 0.467 e. The molecule has 0 radical (unpaired) electrons. The van der Waals surface area contributed by atoms with Crippen LogP contribution in [-0.4, -0.2) is 21.1 Å². The summed E-state index contributed by atoms with van der Waals surface area (Å²) >= 11 is 1.44. The fraction of sp³-hybridized carbons (Fsp3) is 0.235. The van der Waals surface area contributed by atoms with Crippen molar-refractivity contribution in [2.24, 2.45) is 0 Å². The van der Waals surface area contributed by atoms with E-state index >= 15 is 0 Å². The van der Waals surface area contributed by atoms with Crippen LogP contribution < -0.4 is 5.32 Å². The number of hydrogen-bond donors (Lipinski definition) is 1. The van der Waals surface area contributed by atoms with Crippen molar-refractivity contribution in [3.05, 3.63) is 54.2 Å². The summed E-state index contributed by atoms with van der Waals surface area (Å²) in [5.41, 5.74) is 0.894. The lowest BCUT2D eigenvalue weighted by atomic mass is 10.2. The Bertz CT molecular complexity index is 818. The number of furan rings is 1. The second-order valence-corrected chi connectivity index (χ2v) is 6.48. The number of rotatable bonds is 5. The third kappa shape index (κ3) is 3.71. The molecule has 0 aliphatic carbocycles. The van der Waals surface area contributed by atoms with Crippen LogP contribution in [0.1, 0.15) is 18.5 Å². The standard InChI is InChI=1S/C17H17N3O2S/c1-11(16(21)18-10-13-6-5-9-22-13)23-17-14-7-3-4-8-15(14)19-12(2)20-17/h3-9,11H,10H2,1-2H3,(H,18,21)/t11-/m1/s1. The Morgan fingerprint density at radius 1 is 1.26 bits per heavy atom. The first kappa shape index (κ1) is 15.6. The van der Waals surface area contributed by atoms with Crippen LogP contribution >= 0.6 is 11.8 Å². The Labute approximate surface area is 138 Å². The number of amides is 1. The molecule has 0 fully saturated rings. The highest BCUT2D eigenvalue weighted by Gasteiger charge is 2.17. The van der Waals surface area contributed by atoms with E-state index in [1.807, 2.05) is 44.2 Å². The third-order valence-corrected chi connectivity index (χ3v) is 4.46. The molecule has 1 atom stereocenters. The van der Waals surface area contributed by atoms with Gasteiger partial charge in [-0.15, -0.1) is 0 Å². The summed E-state index contributed by atoms with van der Waals surface area (Å²) in [6, 6.07) is 11.5. The van der Waals surface area contributed by atoms with Gasteiger partial charge in [0.25, 0.3) is 0 Å². The molecule has 0 aliphatic rings. The molecule has 0 saturated heterocycles. The van der Waals surface area contributed by atoms with Crippen LogP contribution in [0.2, 0.25) is 0 Å². The van der Waals surface area contributed by atoms with Gasteiger partial charge in [-0.05, 0) is 32.0 Å². The zero-order valence-electron chi connectivity index (χ0n) is 12.9. The molecule has 1 aromatic carbocycles. The van der Waals surface area contributed by atoms with E-state index in [2.05, 4.69) is 15.3 Å². The summed E-state index contributed by atoms with van der Waals surface area (Å²) in [6.07, 6.45) is 1.59. The molecule has 1 N–H and O–H groups in total. The first-order valence-electron chi connectivity index (χ1n) is 7.33. The van der Waals surface area contributed by atoms with Crippen LogP contribution in [0.3, 0.4) is 0 Å². The predicted octanol–water partition coefficient (Wildman–Crippen LogP) is 3.33. The predicted molar refractivity (Wildman–Crippen MR) is 90.1 cm³/mol. The molecule has 0 bridgehead atoms. The van der Waals surface area contributed by atoms with Crippen molar-refractivity contribution in [2.75, 3.05) is 0 Å². The minimum Gasteiger partial charge on any atom is -0.467 e. The third-order valence-electron chi connectivity index (χ3n) is 3.35. The number of fused-ring (bicyclic) bond motifs is 1. The van der Waals surface area contributed by atoms with Gasteiger partial charge in [0, 0.05) is 5.39 Å². The molecule has 1 amide bonds. The van der Waals surface area contributed by atoms with E-state index in [9.17, 15) is 4.79 Å². The van der Waals surface area contributed by atoms with Crippen molar-refractivity contribution >= 4 is 28.6 Å². The van der Waals surface area contributed by atoms with E-state index in [4.69, 9.17) is 4.42 Å². The van der Waals surface area contributed by atoms with Gasteiger partial charge in [-0.3, -0.25) is 4.79 Å². The molecule has 0 unspecified atom stereocenters. The Kier molecular flexibility index (Phi) is 4.62. The number of aromatic nitrogens is 2. The summed E-state index contributed by atoms with van der Waals surface area (Å²) in [4.78, 5) is 21.2. The van der Waals surface area contributed by atoms with Gasteiger partial charge in [0.05, 0.1) is 23.6 Å². The van der Waals surface area contributed by atoms with Gasteiger partial charge in [-0.25, -0.2) is 9.97 Å². The number of benzene rings is 1. The highest BCUT2D eigenvalue weighted by Crippen LogP contribution is 2.28. The van der Waals surface area contributed by atoms with Crippen molar-refractivity contribution in [1.82, 2.24) is 15.3 Å². The first-order valence-corrected chi connectivity index (χ1v) is 8.21. The summed E-state index contributed by atoms with van der Waals surface area (Å²) in [6.45, 7) is 4.12. The van der Waals surface area contributed by atoms with Crippen LogP contribution in [0, 0.1) is 6.92 Å². The molecule has 0 spiro atoms. The maximum Gasteiger partial charge on any atom is 0.233 e. The van der Waals surface area contributed by atoms with Gasteiger partial charge >= 0.3 is 0 Å². The van der Waals surface area contributed by atoms with Crippen molar-refractivity contribution in [1.29, 1.82) is 0 Å². The molecular weight excluding hydrogens is 310 g/mol. The summed E-state index contributed by atoms with van der Waals surface area (Å²) < 4.78 is 5.21. The first-order chi connectivity index (χ1) is 11.1. The lowest BCUT2D eigenvalue weighted by Gasteiger charge is -2.12. The van der Waals surface area contributed by atoms with Crippen LogP contribution in [0.4, 0.5) is 0 Å². The van der Waals surface area contributed by atoms with E-state index in [1.165, 1.54) is 11.8 Å². The second kappa shape index (κ2) is 6.83. The maximum absolute atomic E-state index is 12.2. The van der Waals surface area contributed by atoms with E-state index in [1.54, 1.807) is 12.3 Å². The molecule has 0 aliphatic heterocycles. The smallest absolute Gasteiger partial charge is 0.233 e. The number of para-hydroxylation sites is 1. The zero-order valence-corrected chi connectivity index (χ0v) is 13.8. The lowest BCUT2D eigenvalue weighted by molar-refractivity contribution is -0.120. The second-order valence-electron chi connectivity index (χ2n) is 5.15. The van der Waals surface area contributed by atoms with Crippen LogP contribution in [0.5, 0.6) is 0 Å². The van der Waals surface area contributed by atoms with Gasteiger partial charge in [0.2, 0.25) is 5.91 Å². The fourth-order valence-corrected chi connectivity index (χ4v) is 3.21. The molecule has 118 valence electrons. The molecule has 6 heteroatoms. The Balaban J connectivity index is 1.72. The number of hydrogen-bond acceptors (Lipinski definition) is 5. The highest BCUT2D eigenvalue weighted by atomic mass is 32.2. The molecule has 5 nitrogen and oxygen atoms in total. The zero-order chi connectivity index (χ0) is 16.2. The van der Waals surface area contributed by atoms with Crippen LogP contribution in [0.15, 0.2) is 52.1 Å². The van der Waals surface area contributed by atoms with Crippen LogP contribution in [0.25, 0.3) is 10.9 Å². The van der Waals surface area contributed by atoms with E-state index in [0.717, 1.165) is 21.7 Å². The SMILES string of the molecule is Cc1nc(S[C@H](C)C(=O)NCc2ccco2)c2ccccc2n1. The average Bonchev–Trinajstić information content (AvgIpc) is 3.05.